The molecule has 0 N–H and O–H groups in total. The summed E-state index contributed by atoms with van der Waals surface area (Å²) in [6.07, 6.45) is 2.02. The average Bonchev–Trinajstić information content (AvgIpc) is 2.06. The molecule has 1 saturated heterocycles. The van der Waals surface area contributed by atoms with Crippen molar-refractivity contribution in [3.63, 3.8) is 0 Å². The smallest absolute Gasteiger partial charge is 0.252 e. The Hall–Kier alpha value is -0.640. The summed E-state index contributed by atoms with van der Waals surface area (Å²) in [5, 5.41) is 0. The van der Waals surface area contributed by atoms with Crippen LogP contribution in [0, 0.1) is 5.92 Å². The molecule has 12 heavy (non-hydrogen) atoms. The number of likely N-dealkylation sites (tertiary alicyclic amines) is 1. The predicted molar refractivity (Wildman–Crippen MR) is 42.0 cm³/mol. The zero-order valence-corrected chi connectivity index (χ0v) is 7.25. The first-order chi connectivity index (χ1) is 5.74. The zero-order valence-electron chi connectivity index (χ0n) is 7.25. The van der Waals surface area contributed by atoms with Crippen molar-refractivity contribution in [2.45, 2.75) is 19.8 Å². The number of hydrogen-bond donors (Lipinski definition) is 0. The van der Waals surface area contributed by atoms with Gasteiger partial charge in [-0.15, -0.1) is 0 Å². The summed E-state index contributed by atoms with van der Waals surface area (Å²) in [6.45, 7) is 3.20. The SMILES string of the molecule is CC1CCN(C(=O)COF)CC1. The molecule has 0 saturated carbocycles. The van der Waals surface area contributed by atoms with E-state index in [-0.39, 0.29) is 5.91 Å². The van der Waals surface area contributed by atoms with Gasteiger partial charge >= 0.3 is 0 Å². The second-order valence-electron chi connectivity index (χ2n) is 3.32. The van der Waals surface area contributed by atoms with Crippen molar-refractivity contribution in [2.75, 3.05) is 19.7 Å². The molecule has 70 valence electrons. The number of carbonyl (C=O) groups excluding carboxylic acids is 1. The number of nitrogens with zero attached hydrogens (tertiary/aromatic N) is 1. The number of piperidine rings is 1. The third kappa shape index (κ3) is 2.44. The highest BCUT2D eigenvalue weighted by Gasteiger charge is 2.19. The molecule has 0 aromatic heterocycles. The molecule has 1 aliphatic heterocycles. The molecule has 3 nitrogen and oxygen atoms in total. The van der Waals surface area contributed by atoms with Gasteiger partial charge in [0.2, 0.25) is 0 Å². The maximum Gasteiger partial charge on any atom is 0.252 e. The van der Waals surface area contributed by atoms with Crippen LogP contribution in [0.4, 0.5) is 4.53 Å². The summed E-state index contributed by atoms with van der Waals surface area (Å²) < 4.78 is 11.3. The van der Waals surface area contributed by atoms with Crippen molar-refractivity contribution in [2.24, 2.45) is 5.92 Å². The lowest BCUT2D eigenvalue weighted by atomic mass is 9.99. The van der Waals surface area contributed by atoms with Gasteiger partial charge in [-0.25, -0.2) is 0 Å². The van der Waals surface area contributed by atoms with E-state index in [1.807, 2.05) is 0 Å². The second-order valence-corrected chi connectivity index (χ2v) is 3.32. The Bertz CT molecular complexity index is 155. The average molecular weight is 175 g/mol. The first kappa shape index (κ1) is 9.45. The summed E-state index contributed by atoms with van der Waals surface area (Å²) in [6, 6.07) is 0. The highest BCUT2D eigenvalue weighted by atomic mass is 19.3. The van der Waals surface area contributed by atoms with E-state index >= 15 is 0 Å². The lowest BCUT2D eigenvalue weighted by Gasteiger charge is -2.29. The lowest BCUT2D eigenvalue weighted by Crippen LogP contribution is -2.39. The molecule has 1 amide bonds. The van der Waals surface area contributed by atoms with Crippen LogP contribution in [-0.4, -0.2) is 30.5 Å². The monoisotopic (exact) mass is 175 g/mol. The molecule has 4 heteroatoms. The zero-order chi connectivity index (χ0) is 8.97. The van der Waals surface area contributed by atoms with Crippen LogP contribution in [0.3, 0.4) is 0 Å². The van der Waals surface area contributed by atoms with Crippen LogP contribution < -0.4 is 0 Å². The Labute approximate surface area is 71.4 Å². The van der Waals surface area contributed by atoms with Crippen LogP contribution in [0.2, 0.25) is 0 Å². The van der Waals surface area contributed by atoms with Crippen LogP contribution >= 0.6 is 0 Å². The van der Waals surface area contributed by atoms with E-state index in [0.29, 0.717) is 5.92 Å². The molecule has 0 aromatic carbocycles. The molecular weight excluding hydrogens is 161 g/mol. The summed E-state index contributed by atoms with van der Waals surface area (Å²) in [5.74, 6) is 0.435. The quantitative estimate of drug-likeness (QED) is 0.630. The molecule has 0 aliphatic carbocycles. The van der Waals surface area contributed by atoms with Crippen molar-refractivity contribution < 1.29 is 14.3 Å². The van der Waals surface area contributed by atoms with Gasteiger partial charge < -0.3 is 4.90 Å². The standard InChI is InChI=1S/C8H14FNO2/c1-7-2-4-10(5-3-7)8(11)6-12-9/h7H,2-6H2,1H3. The van der Waals surface area contributed by atoms with Crippen molar-refractivity contribution in [1.29, 1.82) is 0 Å². The first-order valence-electron chi connectivity index (χ1n) is 4.25. The second kappa shape index (κ2) is 4.40. The van der Waals surface area contributed by atoms with E-state index in [9.17, 15) is 9.32 Å². The molecule has 0 spiro atoms. The minimum absolute atomic E-state index is 0.246. The van der Waals surface area contributed by atoms with Gasteiger partial charge in [0.1, 0.15) is 0 Å². The fourth-order valence-electron chi connectivity index (χ4n) is 1.40. The van der Waals surface area contributed by atoms with E-state index in [4.69, 9.17) is 0 Å². The Balaban J connectivity index is 2.29. The number of amides is 1. The van der Waals surface area contributed by atoms with Crippen molar-refractivity contribution >= 4 is 5.91 Å². The molecule has 0 radical (unpaired) electrons. The highest BCUT2D eigenvalue weighted by molar-refractivity contribution is 5.77. The maximum absolute atomic E-state index is 11.3. The van der Waals surface area contributed by atoms with Gasteiger partial charge in [-0.2, -0.15) is 4.94 Å². The molecule has 0 unspecified atom stereocenters. The van der Waals surface area contributed by atoms with Crippen LogP contribution in [0.25, 0.3) is 0 Å². The fraction of sp³-hybridized carbons (Fsp3) is 0.875. The lowest BCUT2D eigenvalue weighted by molar-refractivity contribution is -0.165. The van der Waals surface area contributed by atoms with E-state index in [0.717, 1.165) is 25.9 Å². The minimum atomic E-state index is -0.436. The number of rotatable bonds is 2. The molecule has 1 heterocycles. The van der Waals surface area contributed by atoms with Gasteiger partial charge in [0, 0.05) is 13.1 Å². The third-order valence-corrected chi connectivity index (χ3v) is 2.31. The minimum Gasteiger partial charge on any atom is -0.341 e. The molecule has 1 fully saturated rings. The summed E-state index contributed by atoms with van der Waals surface area (Å²) >= 11 is 0. The Morgan fingerprint density at radius 3 is 2.67 bits per heavy atom. The van der Waals surface area contributed by atoms with Crippen LogP contribution in [0.1, 0.15) is 19.8 Å². The van der Waals surface area contributed by atoms with E-state index in [2.05, 4.69) is 11.9 Å². The van der Waals surface area contributed by atoms with Gasteiger partial charge in [-0.1, -0.05) is 6.92 Å². The molecule has 0 aromatic rings. The molecule has 0 bridgehead atoms. The third-order valence-electron chi connectivity index (χ3n) is 2.31. The summed E-state index contributed by atoms with van der Waals surface area (Å²) in [7, 11) is 0. The summed E-state index contributed by atoms with van der Waals surface area (Å²) in [4.78, 5) is 16.0. The fourth-order valence-corrected chi connectivity index (χ4v) is 1.40. The van der Waals surface area contributed by atoms with E-state index in [1.54, 1.807) is 4.90 Å². The number of carbonyl (C=O) groups is 1. The highest BCUT2D eigenvalue weighted by Crippen LogP contribution is 2.15. The van der Waals surface area contributed by atoms with Gasteiger partial charge in [0.05, 0.1) is 0 Å². The van der Waals surface area contributed by atoms with Crippen LogP contribution in [0.5, 0.6) is 0 Å². The van der Waals surface area contributed by atoms with E-state index < -0.39 is 6.61 Å². The normalized spacial score (nSPS) is 19.7. The topological polar surface area (TPSA) is 29.5 Å². The van der Waals surface area contributed by atoms with Gasteiger partial charge in [0.25, 0.3) is 5.91 Å². The first-order valence-corrected chi connectivity index (χ1v) is 4.25. The largest absolute Gasteiger partial charge is 0.341 e. The summed E-state index contributed by atoms with van der Waals surface area (Å²) in [5.41, 5.74) is 0. The molecule has 1 aliphatic rings. The van der Waals surface area contributed by atoms with Crippen LogP contribution in [-0.2, 0) is 9.74 Å². The number of hydrogen-bond acceptors (Lipinski definition) is 2. The Morgan fingerprint density at radius 2 is 2.17 bits per heavy atom. The van der Waals surface area contributed by atoms with Crippen LogP contribution in [0.15, 0.2) is 0 Å². The van der Waals surface area contributed by atoms with Gasteiger partial charge in [-0.05, 0) is 23.3 Å². The molecule has 0 atom stereocenters. The van der Waals surface area contributed by atoms with Gasteiger partial charge in [-0.3, -0.25) is 4.79 Å². The molecular formula is C8H14FNO2. The van der Waals surface area contributed by atoms with Crippen molar-refractivity contribution in [3.05, 3.63) is 0 Å². The maximum atomic E-state index is 11.3. The Kier molecular flexibility index (Phi) is 3.47. The van der Waals surface area contributed by atoms with Crippen molar-refractivity contribution in [3.8, 4) is 0 Å². The Morgan fingerprint density at radius 1 is 1.58 bits per heavy atom. The predicted octanol–water partition coefficient (Wildman–Crippen LogP) is 1.15. The van der Waals surface area contributed by atoms with E-state index in [1.165, 1.54) is 0 Å². The van der Waals surface area contributed by atoms with Gasteiger partial charge in [0.15, 0.2) is 6.61 Å². The molecule has 1 rings (SSSR count). The van der Waals surface area contributed by atoms with Crippen molar-refractivity contribution in [1.82, 2.24) is 4.90 Å². The number of halogens is 1.